The van der Waals surface area contributed by atoms with Crippen molar-refractivity contribution in [2.75, 3.05) is 20.1 Å². The van der Waals surface area contributed by atoms with Gasteiger partial charge in [0.2, 0.25) is 11.8 Å². The van der Waals surface area contributed by atoms with Gasteiger partial charge in [-0.3, -0.25) is 9.59 Å². The third kappa shape index (κ3) is 4.97. The van der Waals surface area contributed by atoms with Crippen molar-refractivity contribution in [3.05, 3.63) is 0 Å². The summed E-state index contributed by atoms with van der Waals surface area (Å²) >= 11 is 0. The van der Waals surface area contributed by atoms with E-state index in [2.05, 4.69) is 10.6 Å². The van der Waals surface area contributed by atoms with E-state index >= 15 is 0 Å². The average Bonchev–Trinajstić information content (AvgIpc) is 2.55. The van der Waals surface area contributed by atoms with Crippen LogP contribution in [0.15, 0.2) is 0 Å². The normalized spacial score (nSPS) is 22.4. The first-order valence-corrected chi connectivity index (χ1v) is 8.85. The largest absolute Gasteiger partial charge is 0.345 e. The summed E-state index contributed by atoms with van der Waals surface area (Å²) in [7, 11) is 1.97. The molecule has 5 heteroatoms. The first-order chi connectivity index (χ1) is 10.6. The standard InChI is InChI=1S/C17H31N3O2/c1-13(17(22)20-10-8-15(18-2)9-11-20)19-16(21)12-14-6-4-3-5-7-14/h13-15,18H,3-12H2,1-2H3,(H,19,21). The van der Waals surface area contributed by atoms with Crippen LogP contribution in [-0.4, -0.2) is 48.9 Å². The Morgan fingerprint density at radius 1 is 1.09 bits per heavy atom. The second-order valence-electron chi connectivity index (χ2n) is 6.89. The molecule has 0 aromatic rings. The molecule has 5 nitrogen and oxygen atoms in total. The molecule has 2 fully saturated rings. The quantitative estimate of drug-likeness (QED) is 0.812. The molecule has 1 unspecified atom stereocenters. The summed E-state index contributed by atoms with van der Waals surface area (Å²) in [5, 5.41) is 6.17. The van der Waals surface area contributed by atoms with Gasteiger partial charge in [-0.15, -0.1) is 0 Å². The van der Waals surface area contributed by atoms with Crippen LogP contribution in [0.25, 0.3) is 0 Å². The Kier molecular flexibility index (Phi) is 6.68. The van der Waals surface area contributed by atoms with E-state index in [1.54, 1.807) is 0 Å². The van der Waals surface area contributed by atoms with Crippen molar-refractivity contribution in [3.63, 3.8) is 0 Å². The third-order valence-corrected chi connectivity index (χ3v) is 5.16. The van der Waals surface area contributed by atoms with Gasteiger partial charge in [0, 0.05) is 25.6 Å². The van der Waals surface area contributed by atoms with E-state index in [0.717, 1.165) is 38.8 Å². The number of nitrogens with one attached hydrogen (secondary N) is 2. The molecule has 0 aromatic carbocycles. The van der Waals surface area contributed by atoms with Gasteiger partial charge in [0.15, 0.2) is 0 Å². The Labute approximate surface area is 134 Å². The minimum absolute atomic E-state index is 0.0397. The monoisotopic (exact) mass is 309 g/mol. The van der Waals surface area contributed by atoms with Gasteiger partial charge in [-0.25, -0.2) is 0 Å². The molecule has 2 amide bonds. The molecule has 1 aliphatic heterocycles. The molecular formula is C17H31N3O2. The highest BCUT2D eigenvalue weighted by atomic mass is 16.2. The maximum absolute atomic E-state index is 12.4. The Hall–Kier alpha value is -1.10. The smallest absolute Gasteiger partial charge is 0.244 e. The highest BCUT2D eigenvalue weighted by Gasteiger charge is 2.27. The molecule has 2 aliphatic rings. The van der Waals surface area contributed by atoms with E-state index in [1.165, 1.54) is 19.3 Å². The second-order valence-corrected chi connectivity index (χ2v) is 6.89. The van der Waals surface area contributed by atoms with Crippen LogP contribution in [0, 0.1) is 5.92 Å². The number of carbonyl (C=O) groups is 2. The second kappa shape index (κ2) is 8.51. The van der Waals surface area contributed by atoms with Crippen LogP contribution >= 0.6 is 0 Å². The number of rotatable bonds is 5. The van der Waals surface area contributed by atoms with Gasteiger partial charge in [0.1, 0.15) is 6.04 Å². The number of carbonyl (C=O) groups excluding carboxylic acids is 2. The Bertz CT molecular complexity index is 372. The molecular weight excluding hydrogens is 278 g/mol. The van der Waals surface area contributed by atoms with Crippen LogP contribution in [0.3, 0.4) is 0 Å². The minimum atomic E-state index is -0.401. The maximum atomic E-state index is 12.4. The molecule has 0 radical (unpaired) electrons. The van der Waals surface area contributed by atoms with Crippen molar-refractivity contribution in [2.45, 2.75) is 70.4 Å². The molecule has 0 bridgehead atoms. The summed E-state index contributed by atoms with van der Waals surface area (Å²) in [6.07, 6.45) is 8.67. The highest BCUT2D eigenvalue weighted by molar-refractivity contribution is 5.87. The number of amides is 2. The van der Waals surface area contributed by atoms with Crippen molar-refractivity contribution >= 4 is 11.8 Å². The van der Waals surface area contributed by atoms with Crippen LogP contribution in [0.2, 0.25) is 0 Å². The highest BCUT2D eigenvalue weighted by Crippen LogP contribution is 2.26. The fraction of sp³-hybridized carbons (Fsp3) is 0.882. The van der Waals surface area contributed by atoms with E-state index in [9.17, 15) is 9.59 Å². The van der Waals surface area contributed by atoms with E-state index in [0.29, 0.717) is 18.4 Å². The van der Waals surface area contributed by atoms with Crippen LogP contribution in [0.1, 0.15) is 58.3 Å². The fourth-order valence-corrected chi connectivity index (χ4v) is 3.68. The van der Waals surface area contributed by atoms with Crippen molar-refractivity contribution in [1.29, 1.82) is 0 Å². The van der Waals surface area contributed by atoms with Gasteiger partial charge in [0.25, 0.3) is 0 Å². The van der Waals surface area contributed by atoms with E-state index in [1.807, 2.05) is 18.9 Å². The minimum Gasteiger partial charge on any atom is -0.345 e. The predicted molar refractivity (Wildman–Crippen MR) is 87.5 cm³/mol. The number of likely N-dealkylation sites (tertiary alicyclic amines) is 1. The summed E-state index contributed by atoms with van der Waals surface area (Å²) in [6.45, 7) is 3.38. The molecule has 126 valence electrons. The summed E-state index contributed by atoms with van der Waals surface area (Å²) in [6, 6.07) is 0.113. The van der Waals surface area contributed by atoms with Crippen LogP contribution in [0.5, 0.6) is 0 Å². The summed E-state index contributed by atoms with van der Waals surface area (Å²) in [5.41, 5.74) is 0. The Morgan fingerprint density at radius 2 is 1.73 bits per heavy atom. The lowest BCUT2D eigenvalue weighted by atomic mass is 9.87. The number of hydrogen-bond acceptors (Lipinski definition) is 3. The van der Waals surface area contributed by atoms with Crippen LogP contribution in [-0.2, 0) is 9.59 Å². The van der Waals surface area contributed by atoms with E-state index < -0.39 is 6.04 Å². The van der Waals surface area contributed by atoms with Crippen molar-refractivity contribution < 1.29 is 9.59 Å². The molecule has 1 atom stereocenters. The molecule has 1 aliphatic carbocycles. The van der Waals surface area contributed by atoms with Gasteiger partial charge in [-0.2, -0.15) is 0 Å². The fourth-order valence-electron chi connectivity index (χ4n) is 3.68. The molecule has 1 saturated heterocycles. The number of hydrogen-bond donors (Lipinski definition) is 2. The van der Waals surface area contributed by atoms with Crippen LogP contribution in [0.4, 0.5) is 0 Å². The SMILES string of the molecule is CNC1CCN(C(=O)C(C)NC(=O)CC2CCCCC2)CC1. The maximum Gasteiger partial charge on any atom is 0.244 e. The molecule has 0 spiro atoms. The van der Waals surface area contributed by atoms with Gasteiger partial charge < -0.3 is 15.5 Å². The summed E-state index contributed by atoms with van der Waals surface area (Å²) < 4.78 is 0. The lowest BCUT2D eigenvalue weighted by Gasteiger charge is -2.33. The predicted octanol–water partition coefficient (Wildman–Crippen LogP) is 1.67. The van der Waals surface area contributed by atoms with E-state index in [-0.39, 0.29) is 11.8 Å². The molecule has 2 rings (SSSR count). The third-order valence-electron chi connectivity index (χ3n) is 5.16. The molecule has 2 N–H and O–H groups in total. The Balaban J connectivity index is 1.72. The molecule has 0 aromatic heterocycles. The zero-order valence-electron chi connectivity index (χ0n) is 14.1. The van der Waals surface area contributed by atoms with Gasteiger partial charge in [0.05, 0.1) is 0 Å². The zero-order valence-corrected chi connectivity index (χ0v) is 14.1. The van der Waals surface area contributed by atoms with Crippen molar-refractivity contribution in [3.8, 4) is 0 Å². The van der Waals surface area contributed by atoms with Gasteiger partial charge in [-0.1, -0.05) is 19.3 Å². The zero-order chi connectivity index (χ0) is 15.9. The first-order valence-electron chi connectivity index (χ1n) is 8.85. The summed E-state index contributed by atoms with van der Waals surface area (Å²) in [5.74, 6) is 0.617. The molecule has 22 heavy (non-hydrogen) atoms. The average molecular weight is 309 g/mol. The number of piperidine rings is 1. The Morgan fingerprint density at radius 3 is 2.32 bits per heavy atom. The van der Waals surface area contributed by atoms with Crippen molar-refractivity contribution in [2.24, 2.45) is 5.92 Å². The van der Waals surface area contributed by atoms with Gasteiger partial charge in [-0.05, 0) is 45.6 Å². The first kappa shape index (κ1) is 17.3. The van der Waals surface area contributed by atoms with Crippen molar-refractivity contribution in [1.82, 2.24) is 15.5 Å². The lowest BCUT2D eigenvalue weighted by molar-refractivity contribution is -0.137. The van der Waals surface area contributed by atoms with E-state index in [4.69, 9.17) is 0 Å². The van der Waals surface area contributed by atoms with Crippen LogP contribution < -0.4 is 10.6 Å². The topological polar surface area (TPSA) is 61.4 Å². The molecule has 1 heterocycles. The lowest BCUT2D eigenvalue weighted by Crippen LogP contribution is -2.51. The van der Waals surface area contributed by atoms with Gasteiger partial charge >= 0.3 is 0 Å². The number of nitrogens with zero attached hydrogens (tertiary/aromatic N) is 1. The summed E-state index contributed by atoms with van der Waals surface area (Å²) in [4.78, 5) is 26.4. The molecule has 1 saturated carbocycles.